The van der Waals surface area contributed by atoms with Gasteiger partial charge in [-0.3, -0.25) is 4.98 Å². The van der Waals surface area contributed by atoms with E-state index in [1.807, 2.05) is 54.8 Å². The van der Waals surface area contributed by atoms with E-state index in [-0.39, 0.29) is 5.92 Å². The van der Waals surface area contributed by atoms with Gasteiger partial charge >= 0.3 is 0 Å². The van der Waals surface area contributed by atoms with Crippen LogP contribution in [0.15, 0.2) is 71.7 Å². The first-order chi connectivity index (χ1) is 11.8. The molecule has 1 unspecified atom stereocenters. The number of hydrogen-bond donors (Lipinski definition) is 2. The van der Waals surface area contributed by atoms with Crippen molar-refractivity contribution in [3.8, 4) is 22.6 Å². The summed E-state index contributed by atoms with van der Waals surface area (Å²) in [6, 6.07) is 14.1. The summed E-state index contributed by atoms with van der Waals surface area (Å²) in [6.07, 6.45) is 8.21. The molecule has 0 aliphatic carbocycles. The maximum absolute atomic E-state index is 5.75. The first kappa shape index (κ1) is 14.4. The van der Waals surface area contributed by atoms with Crippen LogP contribution in [0.1, 0.15) is 18.0 Å². The molecule has 0 bridgehead atoms. The summed E-state index contributed by atoms with van der Waals surface area (Å²) >= 11 is 0. The van der Waals surface area contributed by atoms with E-state index >= 15 is 0 Å². The second-order valence-corrected chi connectivity index (χ2v) is 5.70. The second kappa shape index (κ2) is 6.12. The zero-order valence-electron chi connectivity index (χ0n) is 13.1. The highest BCUT2D eigenvalue weighted by atomic mass is 15.0. The Morgan fingerprint density at radius 2 is 1.79 bits per heavy atom. The van der Waals surface area contributed by atoms with Gasteiger partial charge in [0.05, 0.1) is 11.4 Å². The molecule has 3 N–H and O–H groups in total. The second-order valence-electron chi connectivity index (χ2n) is 5.70. The Morgan fingerprint density at radius 3 is 2.50 bits per heavy atom. The molecule has 3 aromatic rings. The van der Waals surface area contributed by atoms with Crippen LogP contribution in [0.4, 0.5) is 0 Å². The Bertz CT molecular complexity index is 894. The van der Waals surface area contributed by atoms with E-state index < -0.39 is 0 Å². The van der Waals surface area contributed by atoms with E-state index in [1.54, 1.807) is 12.4 Å². The first-order valence-electron chi connectivity index (χ1n) is 7.87. The highest BCUT2D eigenvalue weighted by Gasteiger charge is 2.21. The molecule has 0 saturated carbocycles. The van der Waals surface area contributed by atoms with Gasteiger partial charge in [-0.15, -0.1) is 0 Å². The van der Waals surface area contributed by atoms with Crippen LogP contribution in [0.25, 0.3) is 22.6 Å². The lowest BCUT2D eigenvalue weighted by atomic mass is 9.97. The van der Waals surface area contributed by atoms with Crippen molar-refractivity contribution >= 4 is 6.21 Å². The average molecular weight is 315 g/mol. The van der Waals surface area contributed by atoms with Crippen LogP contribution < -0.4 is 5.73 Å². The van der Waals surface area contributed by atoms with Crippen molar-refractivity contribution in [2.75, 3.05) is 0 Å². The zero-order valence-corrected chi connectivity index (χ0v) is 13.1. The number of nitrogens with zero attached hydrogens (tertiary/aromatic N) is 3. The molecule has 5 heteroatoms. The number of allylic oxidation sites excluding steroid dienone is 1. The van der Waals surface area contributed by atoms with E-state index in [2.05, 4.69) is 15.0 Å². The molecule has 24 heavy (non-hydrogen) atoms. The third-order valence-electron chi connectivity index (χ3n) is 4.09. The fraction of sp³-hybridized carbons (Fsp3) is 0.105. The third-order valence-corrected chi connectivity index (χ3v) is 4.09. The largest absolute Gasteiger partial charge is 0.384 e. The molecule has 1 atom stereocenters. The zero-order chi connectivity index (χ0) is 16.4. The molecule has 0 spiro atoms. The number of nitrogens with one attached hydrogen (secondary N) is 1. The van der Waals surface area contributed by atoms with Gasteiger partial charge in [0.15, 0.2) is 0 Å². The number of aromatic amines is 1. The molecule has 0 fully saturated rings. The van der Waals surface area contributed by atoms with Crippen LogP contribution in [0, 0.1) is 0 Å². The maximum Gasteiger partial charge on any atom is 0.138 e. The summed E-state index contributed by atoms with van der Waals surface area (Å²) in [4.78, 5) is 16.7. The number of hydrogen-bond acceptors (Lipinski definition) is 4. The minimum Gasteiger partial charge on any atom is -0.384 e. The van der Waals surface area contributed by atoms with Crippen LogP contribution in [0.5, 0.6) is 0 Å². The Balaban J connectivity index is 1.82. The van der Waals surface area contributed by atoms with E-state index in [1.165, 1.54) is 0 Å². The number of imidazole rings is 1. The lowest BCUT2D eigenvalue weighted by Crippen LogP contribution is -2.09. The van der Waals surface area contributed by atoms with Gasteiger partial charge in [0.25, 0.3) is 0 Å². The molecule has 0 amide bonds. The summed E-state index contributed by atoms with van der Waals surface area (Å²) in [5.41, 5.74) is 9.82. The van der Waals surface area contributed by atoms with Crippen molar-refractivity contribution in [1.29, 1.82) is 0 Å². The lowest BCUT2D eigenvalue weighted by Gasteiger charge is -2.14. The average Bonchev–Trinajstić information content (AvgIpc) is 3.09. The van der Waals surface area contributed by atoms with Crippen molar-refractivity contribution in [2.45, 2.75) is 12.3 Å². The van der Waals surface area contributed by atoms with Gasteiger partial charge in [-0.2, -0.15) is 0 Å². The molecular weight excluding hydrogens is 298 g/mol. The van der Waals surface area contributed by atoms with E-state index in [0.717, 1.165) is 34.8 Å². The molecule has 5 nitrogen and oxygen atoms in total. The van der Waals surface area contributed by atoms with Gasteiger partial charge in [0, 0.05) is 35.7 Å². The van der Waals surface area contributed by atoms with Crippen LogP contribution in [-0.4, -0.2) is 21.2 Å². The van der Waals surface area contributed by atoms with Gasteiger partial charge in [0.1, 0.15) is 11.6 Å². The predicted molar refractivity (Wildman–Crippen MR) is 95.4 cm³/mol. The normalized spacial score (nSPS) is 16.8. The Hall–Kier alpha value is -3.21. The molecule has 0 saturated heterocycles. The standard InChI is InChI=1S/C19H17N5/c20-16-7-6-15(12-22-16)18-17(13-8-10-21-11-9-13)23-19(24-18)14-4-2-1-3-5-14/h1-5,7-12,15H,6,20H2,(H,23,24). The Morgan fingerprint density at radius 1 is 1.00 bits per heavy atom. The monoisotopic (exact) mass is 315 g/mol. The number of H-pyrrole nitrogens is 1. The minimum atomic E-state index is 0.130. The van der Waals surface area contributed by atoms with Crippen LogP contribution >= 0.6 is 0 Å². The number of aromatic nitrogens is 3. The van der Waals surface area contributed by atoms with Crippen molar-refractivity contribution in [1.82, 2.24) is 15.0 Å². The molecule has 0 radical (unpaired) electrons. The molecule has 1 aromatic carbocycles. The van der Waals surface area contributed by atoms with Gasteiger partial charge in [0.2, 0.25) is 0 Å². The summed E-state index contributed by atoms with van der Waals surface area (Å²) in [5, 5.41) is 0. The third kappa shape index (κ3) is 2.72. The number of pyridine rings is 1. The van der Waals surface area contributed by atoms with Crippen molar-refractivity contribution in [2.24, 2.45) is 10.7 Å². The SMILES string of the molecule is NC1=CCC(c2[nH]c(-c3ccccc3)nc2-c2ccncc2)C=N1. The quantitative estimate of drug-likeness (QED) is 0.776. The van der Waals surface area contributed by atoms with Crippen molar-refractivity contribution in [3.63, 3.8) is 0 Å². The van der Waals surface area contributed by atoms with Gasteiger partial charge in [-0.25, -0.2) is 9.98 Å². The fourth-order valence-corrected chi connectivity index (χ4v) is 2.85. The Kier molecular flexibility index (Phi) is 3.67. The van der Waals surface area contributed by atoms with Crippen LogP contribution in [0.2, 0.25) is 0 Å². The molecule has 4 rings (SSSR count). The number of nitrogens with two attached hydrogens (primary N) is 1. The number of aliphatic imine (C=N–C) groups is 1. The van der Waals surface area contributed by atoms with E-state index in [0.29, 0.717) is 5.82 Å². The fourth-order valence-electron chi connectivity index (χ4n) is 2.85. The first-order valence-corrected chi connectivity index (χ1v) is 7.87. The highest BCUT2D eigenvalue weighted by Crippen LogP contribution is 2.32. The predicted octanol–water partition coefficient (Wildman–Crippen LogP) is 3.50. The van der Waals surface area contributed by atoms with Gasteiger partial charge in [-0.1, -0.05) is 30.3 Å². The lowest BCUT2D eigenvalue weighted by molar-refractivity contribution is 0.861. The van der Waals surface area contributed by atoms with Crippen molar-refractivity contribution < 1.29 is 0 Å². The van der Waals surface area contributed by atoms with Crippen LogP contribution in [0.3, 0.4) is 0 Å². The van der Waals surface area contributed by atoms with Crippen LogP contribution in [-0.2, 0) is 0 Å². The highest BCUT2D eigenvalue weighted by molar-refractivity contribution is 5.76. The number of benzene rings is 1. The summed E-state index contributed by atoms with van der Waals surface area (Å²) in [6.45, 7) is 0. The molecule has 118 valence electrons. The maximum atomic E-state index is 5.75. The number of rotatable bonds is 3. The Labute approximate surface area is 140 Å². The van der Waals surface area contributed by atoms with Gasteiger partial charge < -0.3 is 10.7 Å². The van der Waals surface area contributed by atoms with E-state index in [9.17, 15) is 0 Å². The summed E-state index contributed by atoms with van der Waals surface area (Å²) in [7, 11) is 0. The van der Waals surface area contributed by atoms with E-state index in [4.69, 9.17) is 10.7 Å². The molecule has 1 aliphatic rings. The van der Waals surface area contributed by atoms with Gasteiger partial charge in [-0.05, 0) is 24.6 Å². The van der Waals surface area contributed by atoms with Crippen molar-refractivity contribution in [3.05, 3.63) is 72.4 Å². The minimum absolute atomic E-state index is 0.130. The topological polar surface area (TPSA) is 80.0 Å². The molecule has 2 aromatic heterocycles. The molecule has 1 aliphatic heterocycles. The summed E-state index contributed by atoms with van der Waals surface area (Å²) < 4.78 is 0. The summed E-state index contributed by atoms with van der Waals surface area (Å²) in [5.74, 6) is 1.55. The smallest absolute Gasteiger partial charge is 0.138 e. The molecular formula is C19H17N5. The molecule has 3 heterocycles.